The third-order valence-electron chi connectivity index (χ3n) is 4.05. The molecule has 24 heavy (non-hydrogen) atoms. The Morgan fingerprint density at radius 3 is 2.83 bits per heavy atom. The first kappa shape index (κ1) is 18.1. The molecule has 2 rings (SSSR count). The Bertz CT molecular complexity index is 590. The molecule has 2 amide bonds. The average Bonchev–Trinajstić information content (AvgIpc) is 2.75. The number of para-hydroxylation sites is 1. The fourth-order valence-corrected chi connectivity index (χ4v) is 2.76. The van der Waals surface area contributed by atoms with Gasteiger partial charge in [-0.3, -0.25) is 9.59 Å². The number of likely N-dealkylation sites (tertiary alicyclic amines) is 1. The summed E-state index contributed by atoms with van der Waals surface area (Å²) in [6, 6.07) is 5.43. The number of aliphatic hydroxyl groups excluding tert-OH is 1. The number of hydrogen-bond acceptors (Lipinski definition) is 5. The highest BCUT2D eigenvalue weighted by Gasteiger charge is 2.26. The first-order valence-corrected chi connectivity index (χ1v) is 8.00. The SMILES string of the molecule is COc1cccc(CNC(=O)CN2CCCCC(O)C2=O)c1OC. The van der Waals surface area contributed by atoms with Gasteiger partial charge in [-0.05, 0) is 25.3 Å². The van der Waals surface area contributed by atoms with Crippen LogP contribution in [0.3, 0.4) is 0 Å². The van der Waals surface area contributed by atoms with Gasteiger partial charge in [0.25, 0.3) is 5.91 Å². The van der Waals surface area contributed by atoms with Gasteiger partial charge in [-0.25, -0.2) is 0 Å². The van der Waals surface area contributed by atoms with E-state index in [4.69, 9.17) is 9.47 Å². The molecule has 7 nitrogen and oxygen atoms in total. The Morgan fingerprint density at radius 1 is 1.33 bits per heavy atom. The van der Waals surface area contributed by atoms with Gasteiger partial charge >= 0.3 is 0 Å². The smallest absolute Gasteiger partial charge is 0.251 e. The molecule has 1 heterocycles. The van der Waals surface area contributed by atoms with Crippen molar-refractivity contribution in [3.05, 3.63) is 23.8 Å². The van der Waals surface area contributed by atoms with Crippen LogP contribution >= 0.6 is 0 Å². The largest absolute Gasteiger partial charge is 0.493 e. The van der Waals surface area contributed by atoms with E-state index in [9.17, 15) is 14.7 Å². The summed E-state index contributed by atoms with van der Waals surface area (Å²) in [7, 11) is 3.09. The zero-order valence-electron chi connectivity index (χ0n) is 14.1. The number of aliphatic hydroxyl groups is 1. The van der Waals surface area contributed by atoms with Crippen LogP contribution < -0.4 is 14.8 Å². The highest BCUT2D eigenvalue weighted by Crippen LogP contribution is 2.30. The second kappa shape index (κ2) is 8.54. The number of methoxy groups -OCH3 is 2. The van der Waals surface area contributed by atoms with Crippen LogP contribution in [0.1, 0.15) is 24.8 Å². The van der Waals surface area contributed by atoms with Crippen LogP contribution in [-0.4, -0.2) is 55.2 Å². The van der Waals surface area contributed by atoms with Crippen LogP contribution in [0.15, 0.2) is 18.2 Å². The average molecular weight is 336 g/mol. The Hall–Kier alpha value is -2.28. The van der Waals surface area contributed by atoms with E-state index in [2.05, 4.69) is 5.32 Å². The Labute approximate surface area is 141 Å². The van der Waals surface area contributed by atoms with Crippen molar-refractivity contribution >= 4 is 11.8 Å². The van der Waals surface area contributed by atoms with E-state index in [1.54, 1.807) is 20.3 Å². The molecule has 0 aliphatic carbocycles. The lowest BCUT2D eigenvalue weighted by Gasteiger charge is -2.21. The number of carbonyl (C=O) groups excluding carboxylic acids is 2. The van der Waals surface area contributed by atoms with Crippen molar-refractivity contribution in [1.82, 2.24) is 10.2 Å². The van der Waals surface area contributed by atoms with Gasteiger partial charge in [0, 0.05) is 18.7 Å². The van der Waals surface area contributed by atoms with Crippen LogP contribution in [0.4, 0.5) is 0 Å². The molecule has 0 saturated carbocycles. The highest BCUT2D eigenvalue weighted by molar-refractivity contribution is 5.87. The van der Waals surface area contributed by atoms with E-state index < -0.39 is 6.10 Å². The van der Waals surface area contributed by atoms with Crippen molar-refractivity contribution in [2.45, 2.75) is 31.9 Å². The molecule has 1 aliphatic heterocycles. The first-order valence-electron chi connectivity index (χ1n) is 8.00. The van der Waals surface area contributed by atoms with E-state index >= 15 is 0 Å². The maximum atomic E-state index is 12.1. The summed E-state index contributed by atoms with van der Waals surface area (Å²) < 4.78 is 10.5. The zero-order chi connectivity index (χ0) is 17.5. The molecule has 1 saturated heterocycles. The van der Waals surface area contributed by atoms with Crippen molar-refractivity contribution in [3.63, 3.8) is 0 Å². The summed E-state index contributed by atoms with van der Waals surface area (Å²) in [6.07, 6.45) is 1.03. The molecule has 132 valence electrons. The lowest BCUT2D eigenvalue weighted by atomic mass is 10.2. The van der Waals surface area contributed by atoms with E-state index in [0.29, 0.717) is 24.5 Å². The summed E-state index contributed by atoms with van der Waals surface area (Å²) in [5.41, 5.74) is 0.785. The van der Waals surface area contributed by atoms with Gasteiger partial charge in [0.15, 0.2) is 11.5 Å². The molecule has 1 aromatic rings. The Balaban J connectivity index is 1.95. The summed E-state index contributed by atoms with van der Waals surface area (Å²) in [5, 5.41) is 12.5. The number of benzene rings is 1. The second-order valence-electron chi connectivity index (χ2n) is 5.70. The summed E-state index contributed by atoms with van der Waals surface area (Å²) in [4.78, 5) is 25.6. The molecule has 0 spiro atoms. The van der Waals surface area contributed by atoms with Gasteiger partial charge in [0.05, 0.1) is 20.8 Å². The van der Waals surface area contributed by atoms with Crippen LogP contribution in [0.5, 0.6) is 11.5 Å². The van der Waals surface area contributed by atoms with Crippen LogP contribution in [0, 0.1) is 0 Å². The fourth-order valence-electron chi connectivity index (χ4n) is 2.76. The van der Waals surface area contributed by atoms with Crippen LogP contribution in [0.25, 0.3) is 0 Å². The lowest BCUT2D eigenvalue weighted by Crippen LogP contribution is -2.44. The zero-order valence-corrected chi connectivity index (χ0v) is 14.1. The van der Waals surface area contributed by atoms with Gasteiger partial charge in [0.2, 0.25) is 5.91 Å². The predicted molar refractivity (Wildman–Crippen MR) is 87.8 cm³/mol. The molecule has 1 fully saturated rings. The maximum absolute atomic E-state index is 12.1. The molecule has 0 aromatic heterocycles. The minimum atomic E-state index is -1.00. The third kappa shape index (κ3) is 4.38. The van der Waals surface area contributed by atoms with Gasteiger partial charge in [-0.1, -0.05) is 12.1 Å². The van der Waals surface area contributed by atoms with Crippen molar-refractivity contribution in [2.75, 3.05) is 27.3 Å². The molecule has 0 radical (unpaired) electrons. The van der Waals surface area contributed by atoms with E-state index in [1.807, 2.05) is 12.1 Å². The predicted octanol–water partition coefficient (Wildman–Crippen LogP) is 0.693. The monoisotopic (exact) mass is 336 g/mol. The van der Waals surface area contributed by atoms with Gasteiger partial charge in [-0.15, -0.1) is 0 Å². The molecule has 7 heteroatoms. The molecule has 2 N–H and O–H groups in total. The number of carbonyl (C=O) groups is 2. The summed E-state index contributed by atoms with van der Waals surface area (Å²) >= 11 is 0. The fraction of sp³-hybridized carbons (Fsp3) is 0.529. The number of nitrogens with one attached hydrogen (secondary N) is 1. The second-order valence-corrected chi connectivity index (χ2v) is 5.70. The highest BCUT2D eigenvalue weighted by atomic mass is 16.5. The molecular formula is C17H24N2O5. The van der Waals surface area contributed by atoms with Gasteiger partial charge in [-0.2, -0.15) is 0 Å². The number of rotatable bonds is 6. The molecule has 1 aromatic carbocycles. The molecule has 1 aliphatic rings. The molecular weight excluding hydrogens is 312 g/mol. The topological polar surface area (TPSA) is 88.1 Å². The van der Waals surface area contributed by atoms with Crippen molar-refractivity contribution in [3.8, 4) is 11.5 Å². The Morgan fingerprint density at radius 2 is 2.12 bits per heavy atom. The quantitative estimate of drug-likeness (QED) is 0.798. The number of nitrogens with zero attached hydrogens (tertiary/aromatic N) is 1. The van der Waals surface area contributed by atoms with E-state index in [1.165, 1.54) is 4.90 Å². The Kier molecular flexibility index (Phi) is 6.43. The van der Waals surface area contributed by atoms with Crippen molar-refractivity contribution < 1.29 is 24.2 Å². The maximum Gasteiger partial charge on any atom is 0.251 e. The standard InChI is InChI=1S/C17H24N2O5/c1-23-14-8-5-6-12(16(14)24-2)10-18-15(21)11-19-9-4-3-7-13(20)17(19)22/h5-6,8,13,20H,3-4,7,9-11H2,1-2H3,(H,18,21). The minimum Gasteiger partial charge on any atom is -0.493 e. The molecule has 1 unspecified atom stereocenters. The third-order valence-corrected chi connectivity index (χ3v) is 4.05. The summed E-state index contributed by atoms with van der Waals surface area (Å²) in [5.74, 6) is 0.514. The first-order chi connectivity index (χ1) is 11.6. The molecule has 1 atom stereocenters. The number of hydrogen-bond donors (Lipinski definition) is 2. The molecule has 0 bridgehead atoms. The van der Waals surface area contributed by atoms with E-state index in [-0.39, 0.29) is 24.9 Å². The normalized spacial score (nSPS) is 18.0. The number of ether oxygens (including phenoxy) is 2. The van der Waals surface area contributed by atoms with E-state index in [0.717, 1.165) is 18.4 Å². The van der Waals surface area contributed by atoms with Crippen molar-refractivity contribution in [2.24, 2.45) is 0 Å². The lowest BCUT2D eigenvalue weighted by molar-refractivity contribution is -0.142. The summed E-state index contributed by atoms with van der Waals surface area (Å²) in [6.45, 7) is 0.706. The number of amides is 2. The van der Waals surface area contributed by atoms with Gasteiger partial charge in [0.1, 0.15) is 6.10 Å². The van der Waals surface area contributed by atoms with Crippen LogP contribution in [-0.2, 0) is 16.1 Å². The van der Waals surface area contributed by atoms with Gasteiger partial charge < -0.3 is 24.8 Å². The van der Waals surface area contributed by atoms with Crippen molar-refractivity contribution in [1.29, 1.82) is 0 Å². The van der Waals surface area contributed by atoms with Crippen LogP contribution in [0.2, 0.25) is 0 Å². The minimum absolute atomic E-state index is 0.0534.